The molecule has 0 aliphatic carbocycles. The molecule has 3 rings (SSSR count). The van der Waals surface area contributed by atoms with E-state index in [1.54, 1.807) is 0 Å². The minimum absolute atomic E-state index is 0.230. The molecule has 0 saturated heterocycles. The molecule has 92 valence electrons. The van der Waals surface area contributed by atoms with Crippen LogP contribution in [0.2, 0.25) is 5.02 Å². The van der Waals surface area contributed by atoms with Gasteiger partial charge in [-0.1, -0.05) is 42.8 Å². The number of hydrogen-bond donors (Lipinski definition) is 0. The smallest absolute Gasteiger partial charge is 0.231 e. The van der Waals surface area contributed by atoms with Crippen molar-refractivity contribution in [3.05, 3.63) is 58.6 Å². The Kier molecular flexibility index (Phi) is 2.88. The molecule has 1 atom stereocenters. The molecule has 0 spiro atoms. The molecule has 2 nitrogen and oxygen atoms in total. The summed E-state index contributed by atoms with van der Waals surface area (Å²) < 4.78 is 10.7. The molecule has 0 fully saturated rings. The van der Waals surface area contributed by atoms with Crippen LogP contribution in [0.5, 0.6) is 11.5 Å². The predicted octanol–water partition coefficient (Wildman–Crippen LogP) is 4.22. The summed E-state index contributed by atoms with van der Waals surface area (Å²) in [5, 5.41) is 0.794. The lowest BCUT2D eigenvalue weighted by atomic mass is 9.93. The summed E-state index contributed by atoms with van der Waals surface area (Å²) in [4.78, 5) is 0. The standard InChI is InChI=1S/C15H13ClO2/c1-10(12-4-2-3-5-13(12)16)11-6-7-14-15(8-11)18-9-17-14/h2-8,10H,9H2,1H3/t10-/m0/s1. The number of hydrogen-bond acceptors (Lipinski definition) is 2. The summed E-state index contributed by atoms with van der Waals surface area (Å²) in [5.74, 6) is 1.85. The van der Waals surface area contributed by atoms with Crippen LogP contribution in [0.4, 0.5) is 0 Å². The van der Waals surface area contributed by atoms with Crippen molar-refractivity contribution in [3.63, 3.8) is 0 Å². The summed E-state index contributed by atoms with van der Waals surface area (Å²) in [6.45, 7) is 2.44. The maximum atomic E-state index is 6.23. The van der Waals surface area contributed by atoms with Gasteiger partial charge in [0.2, 0.25) is 6.79 Å². The minimum atomic E-state index is 0.230. The minimum Gasteiger partial charge on any atom is -0.454 e. The van der Waals surface area contributed by atoms with Crippen molar-refractivity contribution in [2.75, 3.05) is 6.79 Å². The first kappa shape index (κ1) is 11.4. The van der Waals surface area contributed by atoms with E-state index in [4.69, 9.17) is 21.1 Å². The number of halogens is 1. The van der Waals surface area contributed by atoms with Crippen LogP contribution >= 0.6 is 11.6 Å². The second-order valence-corrected chi connectivity index (χ2v) is 4.76. The Balaban J connectivity index is 1.98. The first-order chi connectivity index (χ1) is 8.75. The Morgan fingerprint density at radius 1 is 1.06 bits per heavy atom. The fourth-order valence-electron chi connectivity index (χ4n) is 2.19. The molecule has 0 radical (unpaired) electrons. The van der Waals surface area contributed by atoms with Crippen molar-refractivity contribution in [1.82, 2.24) is 0 Å². The van der Waals surface area contributed by atoms with Gasteiger partial charge < -0.3 is 9.47 Å². The second kappa shape index (κ2) is 4.54. The molecule has 0 saturated carbocycles. The highest BCUT2D eigenvalue weighted by Crippen LogP contribution is 2.37. The molecule has 1 aliphatic heterocycles. The SMILES string of the molecule is C[C@@H](c1ccc2c(c1)OCO2)c1ccccc1Cl. The van der Waals surface area contributed by atoms with Gasteiger partial charge in [-0.3, -0.25) is 0 Å². The summed E-state index contributed by atoms with van der Waals surface area (Å²) >= 11 is 6.23. The van der Waals surface area contributed by atoms with E-state index >= 15 is 0 Å². The zero-order valence-electron chi connectivity index (χ0n) is 10.0. The Morgan fingerprint density at radius 2 is 1.83 bits per heavy atom. The molecule has 0 bridgehead atoms. The molecule has 0 amide bonds. The van der Waals surface area contributed by atoms with E-state index in [0.29, 0.717) is 6.79 Å². The molecular weight excluding hydrogens is 248 g/mol. The maximum Gasteiger partial charge on any atom is 0.231 e. The van der Waals surface area contributed by atoms with Gasteiger partial charge in [0.15, 0.2) is 11.5 Å². The van der Waals surface area contributed by atoms with E-state index < -0.39 is 0 Å². The zero-order valence-corrected chi connectivity index (χ0v) is 10.8. The average Bonchev–Trinajstić information content (AvgIpc) is 2.85. The monoisotopic (exact) mass is 260 g/mol. The number of fused-ring (bicyclic) bond motifs is 1. The third-order valence-corrected chi connectivity index (χ3v) is 3.61. The summed E-state index contributed by atoms with van der Waals surface area (Å²) in [6.07, 6.45) is 0. The average molecular weight is 261 g/mol. The van der Waals surface area contributed by atoms with Gasteiger partial charge in [-0.05, 0) is 29.3 Å². The zero-order chi connectivity index (χ0) is 12.5. The molecule has 1 heterocycles. The molecule has 2 aromatic carbocycles. The molecule has 0 unspecified atom stereocenters. The lowest BCUT2D eigenvalue weighted by Gasteiger charge is -2.14. The van der Waals surface area contributed by atoms with Gasteiger partial charge in [-0.15, -0.1) is 0 Å². The van der Waals surface area contributed by atoms with Gasteiger partial charge in [0.1, 0.15) is 0 Å². The first-order valence-electron chi connectivity index (χ1n) is 5.89. The lowest BCUT2D eigenvalue weighted by Crippen LogP contribution is -1.97. The third kappa shape index (κ3) is 1.93. The van der Waals surface area contributed by atoms with Crippen molar-refractivity contribution < 1.29 is 9.47 Å². The van der Waals surface area contributed by atoms with Crippen LogP contribution in [0.25, 0.3) is 0 Å². The summed E-state index contributed by atoms with van der Waals surface area (Å²) in [5.41, 5.74) is 2.30. The van der Waals surface area contributed by atoms with Crippen LogP contribution in [0.15, 0.2) is 42.5 Å². The van der Waals surface area contributed by atoms with Crippen LogP contribution in [-0.4, -0.2) is 6.79 Å². The fourth-order valence-corrected chi connectivity index (χ4v) is 2.49. The van der Waals surface area contributed by atoms with Crippen molar-refractivity contribution >= 4 is 11.6 Å². The van der Waals surface area contributed by atoms with Gasteiger partial charge >= 0.3 is 0 Å². The quantitative estimate of drug-likeness (QED) is 0.805. The van der Waals surface area contributed by atoms with Crippen LogP contribution in [0, 0.1) is 0 Å². The maximum absolute atomic E-state index is 6.23. The van der Waals surface area contributed by atoms with E-state index in [2.05, 4.69) is 19.1 Å². The highest BCUT2D eigenvalue weighted by Gasteiger charge is 2.17. The Bertz CT molecular complexity index is 580. The van der Waals surface area contributed by atoms with E-state index in [1.165, 1.54) is 5.56 Å². The Hall–Kier alpha value is -1.67. The van der Waals surface area contributed by atoms with Crippen LogP contribution in [0.3, 0.4) is 0 Å². The van der Waals surface area contributed by atoms with Gasteiger partial charge in [0, 0.05) is 10.9 Å². The van der Waals surface area contributed by atoms with Crippen LogP contribution in [-0.2, 0) is 0 Å². The normalized spacial score (nSPS) is 14.6. The largest absolute Gasteiger partial charge is 0.454 e. The van der Waals surface area contributed by atoms with Gasteiger partial charge in [0.05, 0.1) is 0 Å². The molecular formula is C15H13ClO2. The lowest BCUT2D eigenvalue weighted by molar-refractivity contribution is 0.174. The highest BCUT2D eigenvalue weighted by atomic mass is 35.5. The van der Waals surface area contributed by atoms with Crippen molar-refractivity contribution in [3.8, 4) is 11.5 Å². The number of ether oxygens (including phenoxy) is 2. The third-order valence-electron chi connectivity index (χ3n) is 3.27. The van der Waals surface area contributed by atoms with Gasteiger partial charge in [-0.2, -0.15) is 0 Å². The highest BCUT2D eigenvalue weighted by molar-refractivity contribution is 6.31. The van der Waals surface area contributed by atoms with Crippen molar-refractivity contribution in [2.24, 2.45) is 0 Å². The number of rotatable bonds is 2. The molecule has 3 heteroatoms. The van der Waals surface area contributed by atoms with E-state index in [-0.39, 0.29) is 5.92 Å². The Morgan fingerprint density at radius 3 is 2.67 bits per heavy atom. The molecule has 2 aromatic rings. The van der Waals surface area contributed by atoms with E-state index in [9.17, 15) is 0 Å². The van der Waals surface area contributed by atoms with Crippen molar-refractivity contribution in [1.29, 1.82) is 0 Å². The predicted molar refractivity (Wildman–Crippen MR) is 71.5 cm³/mol. The first-order valence-corrected chi connectivity index (χ1v) is 6.27. The topological polar surface area (TPSA) is 18.5 Å². The van der Waals surface area contributed by atoms with Crippen LogP contribution in [0.1, 0.15) is 24.0 Å². The summed E-state index contributed by atoms with van der Waals surface area (Å²) in [6, 6.07) is 13.9. The molecule has 18 heavy (non-hydrogen) atoms. The second-order valence-electron chi connectivity index (χ2n) is 4.36. The van der Waals surface area contributed by atoms with Gasteiger partial charge in [-0.25, -0.2) is 0 Å². The van der Waals surface area contributed by atoms with E-state index in [0.717, 1.165) is 22.1 Å². The fraction of sp³-hybridized carbons (Fsp3) is 0.200. The van der Waals surface area contributed by atoms with Crippen LogP contribution < -0.4 is 9.47 Å². The molecule has 1 aliphatic rings. The van der Waals surface area contributed by atoms with Crippen molar-refractivity contribution in [2.45, 2.75) is 12.8 Å². The summed E-state index contributed by atoms with van der Waals surface area (Å²) in [7, 11) is 0. The molecule has 0 N–H and O–H groups in total. The van der Waals surface area contributed by atoms with E-state index in [1.807, 2.05) is 30.3 Å². The Labute approximate surface area is 111 Å². The number of benzene rings is 2. The molecule has 0 aromatic heterocycles. The van der Waals surface area contributed by atoms with Gasteiger partial charge in [0.25, 0.3) is 0 Å².